The van der Waals surface area contributed by atoms with Gasteiger partial charge < -0.3 is 15.0 Å². The van der Waals surface area contributed by atoms with Crippen LogP contribution in [0.5, 0.6) is 0 Å². The predicted octanol–water partition coefficient (Wildman–Crippen LogP) is 4.51. The summed E-state index contributed by atoms with van der Waals surface area (Å²) in [6.07, 6.45) is 2.10. The van der Waals surface area contributed by atoms with Crippen LogP contribution in [0.2, 0.25) is 0 Å². The Morgan fingerprint density at radius 3 is 2.57 bits per heavy atom. The summed E-state index contributed by atoms with van der Waals surface area (Å²) in [6, 6.07) is 19.1. The Bertz CT molecular complexity index is 1050. The van der Waals surface area contributed by atoms with Crippen molar-refractivity contribution in [2.45, 2.75) is 6.54 Å². The average molecular weight is 391 g/mol. The maximum Gasteiger partial charge on any atom is 0.194 e. The number of benzene rings is 2. The van der Waals surface area contributed by atoms with Gasteiger partial charge in [0.2, 0.25) is 0 Å². The second-order valence-corrected chi connectivity index (χ2v) is 7.70. The molecule has 1 aliphatic rings. The molecule has 4 aromatic rings. The van der Waals surface area contributed by atoms with Gasteiger partial charge in [0.05, 0.1) is 31.1 Å². The number of rotatable bonds is 5. The third kappa shape index (κ3) is 3.37. The van der Waals surface area contributed by atoms with Crippen LogP contribution in [0.15, 0.2) is 66.2 Å². The van der Waals surface area contributed by atoms with E-state index in [2.05, 4.69) is 74.7 Å². The molecule has 3 heterocycles. The van der Waals surface area contributed by atoms with Gasteiger partial charge in [-0.3, -0.25) is 4.40 Å². The number of anilines is 2. The van der Waals surface area contributed by atoms with Crippen LogP contribution in [0.1, 0.15) is 5.69 Å². The van der Waals surface area contributed by atoms with Crippen molar-refractivity contribution in [3.05, 3.63) is 71.9 Å². The first-order valence-electron chi connectivity index (χ1n) is 9.55. The summed E-state index contributed by atoms with van der Waals surface area (Å²) in [5.41, 5.74) is 5.74. The molecule has 142 valence electrons. The Morgan fingerprint density at radius 1 is 1.00 bits per heavy atom. The topological polar surface area (TPSA) is 41.8 Å². The van der Waals surface area contributed by atoms with Crippen molar-refractivity contribution in [3.63, 3.8) is 0 Å². The minimum atomic E-state index is 0.721. The summed E-state index contributed by atoms with van der Waals surface area (Å²) in [5.74, 6) is 0. The van der Waals surface area contributed by atoms with Crippen LogP contribution in [0, 0.1) is 0 Å². The van der Waals surface area contributed by atoms with Crippen LogP contribution < -0.4 is 10.2 Å². The maximum atomic E-state index is 5.44. The molecule has 2 aromatic carbocycles. The molecule has 5 nitrogen and oxygen atoms in total. The van der Waals surface area contributed by atoms with E-state index in [-0.39, 0.29) is 0 Å². The predicted molar refractivity (Wildman–Crippen MR) is 115 cm³/mol. The molecule has 1 fully saturated rings. The number of nitrogens with zero attached hydrogens (tertiary/aromatic N) is 3. The maximum absolute atomic E-state index is 5.44. The largest absolute Gasteiger partial charge is 0.379 e. The van der Waals surface area contributed by atoms with Crippen LogP contribution in [0.3, 0.4) is 0 Å². The Morgan fingerprint density at radius 2 is 1.79 bits per heavy atom. The number of morpholine rings is 1. The summed E-state index contributed by atoms with van der Waals surface area (Å²) in [6.45, 7) is 4.25. The molecule has 0 atom stereocenters. The van der Waals surface area contributed by atoms with Crippen LogP contribution in [-0.4, -0.2) is 35.7 Å². The second-order valence-electron chi connectivity index (χ2n) is 6.83. The first-order valence-corrected chi connectivity index (χ1v) is 10.4. The summed E-state index contributed by atoms with van der Waals surface area (Å²) < 4.78 is 7.62. The highest BCUT2D eigenvalue weighted by Crippen LogP contribution is 2.27. The normalized spacial score (nSPS) is 14.5. The molecule has 1 N–H and O–H groups in total. The van der Waals surface area contributed by atoms with E-state index in [1.807, 2.05) is 6.07 Å². The highest BCUT2D eigenvalue weighted by atomic mass is 32.1. The highest BCUT2D eigenvalue weighted by molar-refractivity contribution is 7.15. The zero-order valence-corrected chi connectivity index (χ0v) is 16.4. The molecule has 5 rings (SSSR count). The molecule has 0 saturated carbocycles. The van der Waals surface area contributed by atoms with E-state index in [4.69, 9.17) is 9.72 Å². The third-order valence-electron chi connectivity index (χ3n) is 5.11. The number of nitrogens with one attached hydrogen (secondary N) is 1. The number of imidazole rings is 1. The van der Waals surface area contributed by atoms with Gasteiger partial charge in [0.25, 0.3) is 0 Å². The van der Waals surface area contributed by atoms with Gasteiger partial charge in [0, 0.05) is 41.6 Å². The lowest BCUT2D eigenvalue weighted by molar-refractivity contribution is 0.122. The number of aromatic nitrogens is 2. The van der Waals surface area contributed by atoms with Crippen molar-refractivity contribution in [2.75, 3.05) is 36.5 Å². The summed E-state index contributed by atoms with van der Waals surface area (Å²) in [7, 11) is 0. The molecule has 0 radical (unpaired) electrons. The molecule has 28 heavy (non-hydrogen) atoms. The highest BCUT2D eigenvalue weighted by Gasteiger charge is 2.15. The minimum Gasteiger partial charge on any atom is -0.379 e. The Balaban J connectivity index is 1.36. The number of thiazole rings is 1. The molecule has 0 aliphatic carbocycles. The lowest BCUT2D eigenvalue weighted by Crippen LogP contribution is -2.36. The Kier molecular flexibility index (Phi) is 4.72. The van der Waals surface area contributed by atoms with E-state index in [1.54, 1.807) is 11.3 Å². The fourth-order valence-corrected chi connectivity index (χ4v) is 4.36. The first kappa shape index (κ1) is 17.3. The standard InChI is InChI=1S/C22H22N4OS/c1-2-4-17(5-3-1)21-20(26-12-15-28-22(26)24-21)16-23-18-6-8-19(9-7-18)25-10-13-27-14-11-25/h1-9,12,15,23H,10-11,13-14,16H2. The molecule has 0 amide bonds. The summed E-state index contributed by atoms with van der Waals surface area (Å²) in [4.78, 5) is 8.25. The van der Waals surface area contributed by atoms with E-state index >= 15 is 0 Å². The zero-order chi connectivity index (χ0) is 18.8. The van der Waals surface area contributed by atoms with Crippen LogP contribution >= 0.6 is 11.3 Å². The SMILES string of the molecule is c1ccc(-c2nc3sccn3c2CNc2ccc(N3CCOCC3)cc2)cc1. The molecular weight excluding hydrogens is 368 g/mol. The smallest absolute Gasteiger partial charge is 0.194 e. The van der Waals surface area contributed by atoms with E-state index in [0.717, 1.165) is 54.8 Å². The van der Waals surface area contributed by atoms with E-state index in [9.17, 15) is 0 Å². The zero-order valence-electron chi connectivity index (χ0n) is 15.5. The fraction of sp³-hybridized carbons (Fsp3) is 0.227. The molecule has 6 heteroatoms. The van der Waals surface area contributed by atoms with Crippen LogP contribution in [0.25, 0.3) is 16.2 Å². The van der Waals surface area contributed by atoms with Crippen molar-refractivity contribution in [3.8, 4) is 11.3 Å². The van der Waals surface area contributed by atoms with Crippen molar-refractivity contribution >= 4 is 27.7 Å². The molecule has 1 aliphatic heterocycles. The molecule has 0 bridgehead atoms. The summed E-state index contributed by atoms with van der Waals surface area (Å²) >= 11 is 1.66. The molecule has 2 aromatic heterocycles. The summed E-state index contributed by atoms with van der Waals surface area (Å²) in [5, 5.41) is 5.65. The first-order chi connectivity index (χ1) is 13.9. The van der Waals surface area contributed by atoms with E-state index in [1.165, 1.54) is 11.4 Å². The molecular formula is C22H22N4OS. The lowest BCUT2D eigenvalue weighted by atomic mass is 10.1. The third-order valence-corrected chi connectivity index (χ3v) is 5.87. The van der Waals surface area contributed by atoms with Gasteiger partial charge in [0.15, 0.2) is 4.96 Å². The Labute approximate surface area is 168 Å². The van der Waals surface area contributed by atoms with E-state index in [0.29, 0.717) is 0 Å². The van der Waals surface area contributed by atoms with Crippen LogP contribution in [-0.2, 0) is 11.3 Å². The van der Waals surface area contributed by atoms with Gasteiger partial charge in [-0.05, 0) is 24.3 Å². The average Bonchev–Trinajstić information content (AvgIpc) is 3.36. The van der Waals surface area contributed by atoms with Gasteiger partial charge in [-0.1, -0.05) is 30.3 Å². The van der Waals surface area contributed by atoms with Crippen molar-refractivity contribution in [1.29, 1.82) is 0 Å². The van der Waals surface area contributed by atoms with Crippen molar-refractivity contribution in [1.82, 2.24) is 9.38 Å². The minimum absolute atomic E-state index is 0.721. The van der Waals surface area contributed by atoms with Gasteiger partial charge in [0.1, 0.15) is 0 Å². The Hall–Kier alpha value is -2.83. The van der Waals surface area contributed by atoms with Gasteiger partial charge in [-0.15, -0.1) is 11.3 Å². The van der Waals surface area contributed by atoms with Gasteiger partial charge >= 0.3 is 0 Å². The van der Waals surface area contributed by atoms with Gasteiger partial charge in [-0.2, -0.15) is 0 Å². The molecule has 0 unspecified atom stereocenters. The quantitative estimate of drug-likeness (QED) is 0.544. The molecule has 1 saturated heterocycles. The number of hydrogen-bond acceptors (Lipinski definition) is 5. The monoisotopic (exact) mass is 390 g/mol. The number of fused-ring (bicyclic) bond motifs is 1. The second kappa shape index (κ2) is 7.66. The van der Waals surface area contributed by atoms with Crippen LogP contribution in [0.4, 0.5) is 11.4 Å². The van der Waals surface area contributed by atoms with Gasteiger partial charge in [-0.25, -0.2) is 4.98 Å². The van der Waals surface area contributed by atoms with E-state index < -0.39 is 0 Å². The van der Waals surface area contributed by atoms with Crippen molar-refractivity contribution in [2.24, 2.45) is 0 Å². The number of hydrogen-bond donors (Lipinski definition) is 1. The molecule has 0 spiro atoms. The van der Waals surface area contributed by atoms with Crippen molar-refractivity contribution < 1.29 is 4.74 Å². The fourth-order valence-electron chi connectivity index (χ4n) is 3.63. The number of ether oxygens (including phenoxy) is 1. The lowest BCUT2D eigenvalue weighted by Gasteiger charge is -2.28.